The van der Waals surface area contributed by atoms with Crippen molar-refractivity contribution in [1.82, 2.24) is 0 Å². The molecule has 0 heterocycles. The van der Waals surface area contributed by atoms with Gasteiger partial charge in [-0.2, -0.15) is 0 Å². The van der Waals surface area contributed by atoms with Crippen molar-refractivity contribution >= 4 is 5.97 Å². The molecule has 1 N–H and O–H groups in total. The summed E-state index contributed by atoms with van der Waals surface area (Å²) in [7, 11) is 0. The van der Waals surface area contributed by atoms with Crippen LogP contribution in [0.4, 0.5) is 4.39 Å². The highest BCUT2D eigenvalue weighted by Crippen LogP contribution is 2.39. The summed E-state index contributed by atoms with van der Waals surface area (Å²) in [5.74, 6) is 0.568. The summed E-state index contributed by atoms with van der Waals surface area (Å²) in [5.41, 5.74) is 1.44. The molecule has 3 aromatic rings. The first-order valence-corrected chi connectivity index (χ1v) is 9.08. The van der Waals surface area contributed by atoms with Crippen LogP contribution in [0.3, 0.4) is 0 Å². The van der Waals surface area contributed by atoms with E-state index in [-0.39, 0.29) is 17.7 Å². The van der Waals surface area contributed by atoms with Crippen molar-refractivity contribution in [3.8, 4) is 28.4 Å². The third-order valence-electron chi connectivity index (χ3n) is 4.78. The number of carboxylic acids is 1. The quantitative estimate of drug-likeness (QED) is 0.599. The van der Waals surface area contributed by atoms with Crippen LogP contribution < -0.4 is 9.47 Å². The smallest absolute Gasteiger partial charge is 0.306 e. The third kappa shape index (κ3) is 4.14. The number of hydrogen-bond acceptors (Lipinski definition) is 3. The summed E-state index contributed by atoms with van der Waals surface area (Å²) in [6.45, 7) is 0.388. The molecule has 0 bridgehead atoms. The van der Waals surface area contributed by atoms with Crippen LogP contribution in [-0.4, -0.2) is 17.7 Å². The first-order chi connectivity index (χ1) is 13.6. The van der Waals surface area contributed by atoms with E-state index in [0.717, 1.165) is 5.56 Å². The average molecular weight is 378 g/mol. The summed E-state index contributed by atoms with van der Waals surface area (Å²) < 4.78 is 25.4. The van der Waals surface area contributed by atoms with Gasteiger partial charge in [-0.1, -0.05) is 30.3 Å². The van der Waals surface area contributed by atoms with Crippen LogP contribution in [0.2, 0.25) is 0 Å². The minimum absolute atomic E-state index is 0.0753. The second kappa shape index (κ2) is 7.72. The van der Waals surface area contributed by atoms with E-state index in [0.29, 0.717) is 35.8 Å². The molecular formula is C23H19FO4. The molecule has 1 aliphatic rings. The van der Waals surface area contributed by atoms with Crippen molar-refractivity contribution in [3.05, 3.63) is 78.6 Å². The van der Waals surface area contributed by atoms with E-state index in [4.69, 9.17) is 14.6 Å². The number of hydrogen-bond donors (Lipinski definition) is 1. The summed E-state index contributed by atoms with van der Waals surface area (Å²) in [6, 6.07) is 21.0. The van der Waals surface area contributed by atoms with Gasteiger partial charge in [0.1, 0.15) is 23.1 Å². The molecule has 0 aromatic heterocycles. The Labute approximate surface area is 162 Å². The molecule has 1 fully saturated rings. The lowest BCUT2D eigenvalue weighted by molar-refractivity contribution is -0.138. The van der Waals surface area contributed by atoms with E-state index in [2.05, 4.69) is 0 Å². The Kier molecular flexibility index (Phi) is 4.98. The Balaban J connectivity index is 1.49. The minimum atomic E-state index is -0.763. The molecule has 28 heavy (non-hydrogen) atoms. The maximum absolute atomic E-state index is 13.8. The van der Waals surface area contributed by atoms with Gasteiger partial charge in [-0.05, 0) is 54.4 Å². The molecule has 0 saturated heterocycles. The minimum Gasteiger partial charge on any atom is -0.493 e. The van der Waals surface area contributed by atoms with Crippen LogP contribution in [0, 0.1) is 17.7 Å². The van der Waals surface area contributed by atoms with Gasteiger partial charge >= 0.3 is 5.97 Å². The van der Waals surface area contributed by atoms with Gasteiger partial charge in [0.2, 0.25) is 0 Å². The topological polar surface area (TPSA) is 55.8 Å². The fraction of sp³-hybridized carbons (Fsp3) is 0.174. The first kappa shape index (κ1) is 18.0. The van der Waals surface area contributed by atoms with Crippen LogP contribution >= 0.6 is 0 Å². The van der Waals surface area contributed by atoms with E-state index in [1.54, 1.807) is 18.2 Å². The second-order valence-corrected chi connectivity index (χ2v) is 6.83. The van der Waals surface area contributed by atoms with Gasteiger partial charge < -0.3 is 14.6 Å². The van der Waals surface area contributed by atoms with Crippen molar-refractivity contribution in [2.75, 3.05) is 6.61 Å². The standard InChI is InChI=1S/C23H19FO4/c24-17-8-11-22(28-19-4-2-1-3-5-19)20(13-17)15-6-9-18(10-7-15)27-14-16-12-21(16)23(25)26/h1-11,13,16,21H,12,14H2,(H,25,26). The SMILES string of the molecule is O=C(O)C1CC1COc1ccc(-c2cc(F)ccc2Oc2ccccc2)cc1. The first-order valence-electron chi connectivity index (χ1n) is 9.08. The molecule has 3 aromatic carbocycles. The molecule has 0 amide bonds. The lowest BCUT2D eigenvalue weighted by Gasteiger charge is -2.12. The Hall–Kier alpha value is -3.34. The molecule has 1 aliphatic carbocycles. The van der Waals surface area contributed by atoms with Gasteiger partial charge in [-0.25, -0.2) is 4.39 Å². The Bertz CT molecular complexity index is 970. The normalized spacial score (nSPS) is 17.8. The van der Waals surface area contributed by atoms with Gasteiger partial charge in [0.15, 0.2) is 0 Å². The molecular weight excluding hydrogens is 359 g/mol. The zero-order chi connectivity index (χ0) is 19.5. The van der Waals surface area contributed by atoms with Crippen molar-refractivity contribution in [3.63, 3.8) is 0 Å². The molecule has 4 rings (SSSR count). The number of carbonyl (C=O) groups is 1. The lowest BCUT2D eigenvalue weighted by Crippen LogP contribution is -2.06. The van der Waals surface area contributed by atoms with Crippen molar-refractivity contribution in [2.45, 2.75) is 6.42 Å². The van der Waals surface area contributed by atoms with Gasteiger partial charge in [-0.3, -0.25) is 4.79 Å². The predicted molar refractivity (Wildman–Crippen MR) is 103 cm³/mol. The summed E-state index contributed by atoms with van der Waals surface area (Å²) >= 11 is 0. The molecule has 2 atom stereocenters. The Morgan fingerprint density at radius 3 is 2.43 bits per heavy atom. The van der Waals surface area contributed by atoms with Crippen LogP contribution in [-0.2, 0) is 4.79 Å². The number of ether oxygens (including phenoxy) is 2. The van der Waals surface area contributed by atoms with Crippen LogP contribution in [0.15, 0.2) is 72.8 Å². The van der Waals surface area contributed by atoms with E-state index < -0.39 is 5.97 Å². The van der Waals surface area contributed by atoms with Gasteiger partial charge in [0, 0.05) is 11.5 Å². The molecule has 0 spiro atoms. The monoisotopic (exact) mass is 378 g/mol. The fourth-order valence-corrected chi connectivity index (χ4v) is 3.10. The largest absolute Gasteiger partial charge is 0.493 e. The number of rotatable bonds is 7. The number of carboxylic acid groups (broad SMARTS) is 1. The van der Waals surface area contributed by atoms with Gasteiger partial charge in [-0.15, -0.1) is 0 Å². The Morgan fingerprint density at radius 2 is 1.75 bits per heavy atom. The highest BCUT2D eigenvalue weighted by Gasteiger charge is 2.43. The molecule has 0 radical (unpaired) electrons. The summed E-state index contributed by atoms with van der Waals surface area (Å²) in [6.07, 6.45) is 0.664. The number of halogens is 1. The molecule has 142 valence electrons. The predicted octanol–water partition coefficient (Wildman–Crippen LogP) is 5.38. The lowest BCUT2D eigenvalue weighted by atomic mass is 10.0. The average Bonchev–Trinajstić information content (AvgIpc) is 3.49. The molecule has 4 nitrogen and oxygen atoms in total. The number of benzene rings is 3. The van der Waals surface area contributed by atoms with Crippen LogP contribution in [0.5, 0.6) is 17.2 Å². The third-order valence-corrected chi connectivity index (χ3v) is 4.78. The van der Waals surface area contributed by atoms with Crippen molar-refractivity contribution < 1.29 is 23.8 Å². The van der Waals surface area contributed by atoms with Crippen LogP contribution in [0.25, 0.3) is 11.1 Å². The molecule has 0 aliphatic heterocycles. The number of para-hydroxylation sites is 1. The summed E-state index contributed by atoms with van der Waals surface area (Å²) in [4.78, 5) is 10.9. The second-order valence-electron chi connectivity index (χ2n) is 6.83. The van der Waals surface area contributed by atoms with Gasteiger partial charge in [0.05, 0.1) is 12.5 Å². The fourth-order valence-electron chi connectivity index (χ4n) is 3.10. The highest BCUT2D eigenvalue weighted by atomic mass is 19.1. The van der Waals surface area contributed by atoms with E-state index in [9.17, 15) is 9.18 Å². The molecule has 5 heteroatoms. The Morgan fingerprint density at radius 1 is 1.00 bits per heavy atom. The van der Waals surface area contributed by atoms with E-state index >= 15 is 0 Å². The summed E-state index contributed by atoms with van der Waals surface area (Å²) in [5, 5.41) is 8.94. The zero-order valence-corrected chi connectivity index (χ0v) is 15.0. The van der Waals surface area contributed by atoms with Crippen molar-refractivity contribution in [1.29, 1.82) is 0 Å². The van der Waals surface area contributed by atoms with Crippen LogP contribution in [0.1, 0.15) is 6.42 Å². The van der Waals surface area contributed by atoms with Gasteiger partial charge in [0.25, 0.3) is 0 Å². The van der Waals surface area contributed by atoms with E-state index in [1.807, 2.05) is 42.5 Å². The maximum atomic E-state index is 13.8. The van der Waals surface area contributed by atoms with E-state index in [1.165, 1.54) is 12.1 Å². The highest BCUT2D eigenvalue weighted by molar-refractivity contribution is 5.73. The van der Waals surface area contributed by atoms with Crippen molar-refractivity contribution in [2.24, 2.45) is 11.8 Å². The maximum Gasteiger partial charge on any atom is 0.306 e. The number of aliphatic carboxylic acids is 1. The zero-order valence-electron chi connectivity index (χ0n) is 15.0. The molecule has 2 unspecified atom stereocenters. The molecule has 1 saturated carbocycles.